The number of carbonyl (C=O) groups excluding carboxylic acids is 1. The van der Waals surface area contributed by atoms with Crippen LogP contribution in [-0.2, 0) is 4.74 Å². The molecule has 1 rings (SSSR count). The third-order valence-electron chi connectivity index (χ3n) is 1.86. The standard InChI is InChI=1S/C10H11FO2/c1-7(13-2)10(12)8-5-3-4-6-9(8)11/h3-7H,1-2H3. The molecule has 0 fully saturated rings. The predicted molar refractivity (Wildman–Crippen MR) is 47.2 cm³/mol. The molecule has 0 aromatic heterocycles. The average molecular weight is 182 g/mol. The molecular formula is C10H11FO2. The molecule has 0 saturated carbocycles. The number of hydrogen-bond acceptors (Lipinski definition) is 2. The maximum atomic E-state index is 13.1. The molecular weight excluding hydrogens is 171 g/mol. The largest absolute Gasteiger partial charge is 0.374 e. The van der Waals surface area contributed by atoms with Crippen molar-refractivity contribution in [3.8, 4) is 0 Å². The summed E-state index contributed by atoms with van der Waals surface area (Å²) in [5.74, 6) is -0.836. The molecule has 3 heteroatoms. The molecule has 0 bridgehead atoms. The number of ketones is 1. The number of halogens is 1. The molecule has 0 aliphatic heterocycles. The van der Waals surface area contributed by atoms with E-state index in [1.165, 1.54) is 19.2 Å². The van der Waals surface area contributed by atoms with Crippen molar-refractivity contribution in [2.45, 2.75) is 13.0 Å². The van der Waals surface area contributed by atoms with Crippen LogP contribution >= 0.6 is 0 Å². The molecule has 1 aromatic rings. The fraction of sp³-hybridized carbons (Fsp3) is 0.300. The lowest BCUT2D eigenvalue weighted by molar-refractivity contribution is 0.0651. The highest BCUT2D eigenvalue weighted by atomic mass is 19.1. The molecule has 0 spiro atoms. The highest BCUT2D eigenvalue weighted by molar-refractivity contribution is 5.99. The first kappa shape index (κ1) is 9.86. The summed E-state index contributed by atoms with van der Waals surface area (Å²) in [6, 6.07) is 5.88. The Balaban J connectivity index is 2.95. The van der Waals surface area contributed by atoms with Crippen molar-refractivity contribution in [3.63, 3.8) is 0 Å². The summed E-state index contributed by atoms with van der Waals surface area (Å²) in [4.78, 5) is 11.4. The van der Waals surface area contributed by atoms with Crippen LogP contribution in [0.2, 0.25) is 0 Å². The van der Waals surface area contributed by atoms with Crippen LogP contribution in [-0.4, -0.2) is 19.0 Å². The third-order valence-corrected chi connectivity index (χ3v) is 1.86. The van der Waals surface area contributed by atoms with Crippen molar-refractivity contribution in [1.82, 2.24) is 0 Å². The normalized spacial score (nSPS) is 12.5. The fourth-order valence-corrected chi connectivity index (χ4v) is 0.987. The van der Waals surface area contributed by atoms with Crippen molar-refractivity contribution < 1.29 is 13.9 Å². The van der Waals surface area contributed by atoms with E-state index in [0.29, 0.717) is 0 Å². The zero-order valence-corrected chi connectivity index (χ0v) is 7.58. The van der Waals surface area contributed by atoms with Gasteiger partial charge in [-0.2, -0.15) is 0 Å². The third kappa shape index (κ3) is 2.12. The minimum Gasteiger partial charge on any atom is -0.374 e. The monoisotopic (exact) mass is 182 g/mol. The average Bonchev–Trinajstić information content (AvgIpc) is 2.16. The molecule has 1 unspecified atom stereocenters. The predicted octanol–water partition coefficient (Wildman–Crippen LogP) is 2.04. The van der Waals surface area contributed by atoms with Gasteiger partial charge in [0.25, 0.3) is 0 Å². The van der Waals surface area contributed by atoms with Crippen LogP contribution in [0.5, 0.6) is 0 Å². The second-order valence-corrected chi connectivity index (χ2v) is 2.72. The molecule has 0 N–H and O–H groups in total. The maximum absolute atomic E-state index is 13.1. The summed E-state index contributed by atoms with van der Waals surface area (Å²) >= 11 is 0. The van der Waals surface area contributed by atoms with Gasteiger partial charge in [0.1, 0.15) is 11.9 Å². The summed E-state index contributed by atoms with van der Waals surface area (Å²) in [5, 5.41) is 0. The SMILES string of the molecule is COC(C)C(=O)c1ccccc1F. The van der Waals surface area contributed by atoms with Gasteiger partial charge >= 0.3 is 0 Å². The number of Topliss-reactive ketones (excluding diaryl/α,β-unsaturated/α-hetero) is 1. The Hall–Kier alpha value is -1.22. The van der Waals surface area contributed by atoms with Crippen molar-refractivity contribution in [2.24, 2.45) is 0 Å². The Morgan fingerprint density at radius 1 is 1.46 bits per heavy atom. The quantitative estimate of drug-likeness (QED) is 0.668. The van der Waals surface area contributed by atoms with Gasteiger partial charge in [0.2, 0.25) is 0 Å². The van der Waals surface area contributed by atoms with Crippen molar-refractivity contribution in [3.05, 3.63) is 35.6 Å². The topological polar surface area (TPSA) is 26.3 Å². The number of carbonyl (C=O) groups is 1. The molecule has 1 atom stereocenters. The maximum Gasteiger partial charge on any atom is 0.194 e. The van der Waals surface area contributed by atoms with Gasteiger partial charge < -0.3 is 4.74 Å². The molecule has 0 aliphatic carbocycles. The van der Waals surface area contributed by atoms with E-state index in [-0.39, 0.29) is 11.3 Å². The fourth-order valence-electron chi connectivity index (χ4n) is 0.987. The Bertz CT molecular complexity index is 310. The Kier molecular flexibility index (Phi) is 3.14. The van der Waals surface area contributed by atoms with Gasteiger partial charge in [-0.15, -0.1) is 0 Å². The zero-order chi connectivity index (χ0) is 9.84. The Labute approximate surface area is 76.3 Å². The minimum absolute atomic E-state index is 0.0804. The summed E-state index contributed by atoms with van der Waals surface area (Å²) in [6.07, 6.45) is -0.600. The van der Waals surface area contributed by atoms with Crippen LogP contribution < -0.4 is 0 Å². The number of rotatable bonds is 3. The van der Waals surface area contributed by atoms with Crippen molar-refractivity contribution in [2.75, 3.05) is 7.11 Å². The van der Waals surface area contributed by atoms with Gasteiger partial charge in [0.05, 0.1) is 5.56 Å². The van der Waals surface area contributed by atoms with Gasteiger partial charge in [0.15, 0.2) is 5.78 Å². The number of hydrogen-bond donors (Lipinski definition) is 0. The number of benzene rings is 1. The molecule has 0 aliphatic rings. The lowest BCUT2D eigenvalue weighted by Crippen LogP contribution is -2.20. The molecule has 0 radical (unpaired) electrons. The highest BCUT2D eigenvalue weighted by Gasteiger charge is 2.17. The minimum atomic E-state index is -0.600. The molecule has 70 valence electrons. The first-order valence-electron chi connectivity index (χ1n) is 3.98. The van der Waals surface area contributed by atoms with Crippen LogP contribution in [0.4, 0.5) is 4.39 Å². The van der Waals surface area contributed by atoms with Gasteiger partial charge in [0, 0.05) is 7.11 Å². The number of ether oxygens (including phenoxy) is 1. The van der Waals surface area contributed by atoms with Gasteiger partial charge in [-0.25, -0.2) is 4.39 Å². The highest BCUT2D eigenvalue weighted by Crippen LogP contribution is 2.10. The number of methoxy groups -OCH3 is 1. The van der Waals surface area contributed by atoms with E-state index in [4.69, 9.17) is 4.74 Å². The lowest BCUT2D eigenvalue weighted by atomic mass is 10.1. The zero-order valence-electron chi connectivity index (χ0n) is 7.58. The first-order chi connectivity index (χ1) is 6.16. The van der Waals surface area contributed by atoms with Gasteiger partial charge in [-0.05, 0) is 19.1 Å². The summed E-state index contributed by atoms with van der Waals surface area (Å²) in [6.45, 7) is 1.59. The Morgan fingerprint density at radius 3 is 2.62 bits per heavy atom. The second kappa shape index (κ2) is 4.14. The van der Waals surface area contributed by atoms with Crippen molar-refractivity contribution >= 4 is 5.78 Å². The van der Waals surface area contributed by atoms with Gasteiger partial charge in [-0.3, -0.25) is 4.79 Å². The molecule has 1 aromatic carbocycles. The van der Waals surface area contributed by atoms with Crippen LogP contribution in [0.3, 0.4) is 0 Å². The Morgan fingerprint density at radius 2 is 2.08 bits per heavy atom. The molecule has 0 amide bonds. The van der Waals surface area contributed by atoms with Crippen LogP contribution in [0.15, 0.2) is 24.3 Å². The summed E-state index contributed by atoms with van der Waals surface area (Å²) in [7, 11) is 1.42. The van der Waals surface area contributed by atoms with E-state index >= 15 is 0 Å². The summed E-state index contributed by atoms with van der Waals surface area (Å²) in [5.41, 5.74) is 0.0804. The second-order valence-electron chi connectivity index (χ2n) is 2.72. The van der Waals surface area contributed by atoms with E-state index in [9.17, 15) is 9.18 Å². The van der Waals surface area contributed by atoms with E-state index in [1.54, 1.807) is 19.1 Å². The van der Waals surface area contributed by atoms with Crippen LogP contribution in [0.1, 0.15) is 17.3 Å². The van der Waals surface area contributed by atoms with Crippen molar-refractivity contribution in [1.29, 1.82) is 0 Å². The summed E-state index contributed by atoms with van der Waals surface area (Å²) < 4.78 is 17.9. The first-order valence-corrected chi connectivity index (χ1v) is 3.98. The molecule has 13 heavy (non-hydrogen) atoms. The van der Waals surface area contributed by atoms with Crippen LogP contribution in [0, 0.1) is 5.82 Å². The van der Waals surface area contributed by atoms with E-state index in [0.717, 1.165) is 0 Å². The smallest absolute Gasteiger partial charge is 0.194 e. The van der Waals surface area contributed by atoms with Crippen LogP contribution in [0.25, 0.3) is 0 Å². The van der Waals surface area contributed by atoms with E-state index < -0.39 is 11.9 Å². The molecule has 2 nitrogen and oxygen atoms in total. The molecule has 0 heterocycles. The van der Waals surface area contributed by atoms with E-state index in [1.807, 2.05) is 0 Å². The van der Waals surface area contributed by atoms with Gasteiger partial charge in [-0.1, -0.05) is 12.1 Å². The molecule has 0 saturated heterocycles. The lowest BCUT2D eigenvalue weighted by Gasteiger charge is -2.08. The van der Waals surface area contributed by atoms with E-state index in [2.05, 4.69) is 0 Å².